The molecule has 8 nitrogen and oxygen atoms in total. The maximum atomic E-state index is 12.3. The number of benzene rings is 1. The van der Waals surface area contributed by atoms with Crippen molar-refractivity contribution in [3.05, 3.63) is 47.7 Å². The van der Waals surface area contributed by atoms with Crippen molar-refractivity contribution in [3.8, 4) is 17.0 Å². The topological polar surface area (TPSA) is 109 Å². The quantitative estimate of drug-likeness (QED) is 0.664. The number of ether oxygens (including phenoxy) is 1. The largest absolute Gasteiger partial charge is 0.497 e. The Balaban J connectivity index is 1.71. The van der Waals surface area contributed by atoms with Crippen LogP contribution in [0.2, 0.25) is 0 Å². The van der Waals surface area contributed by atoms with Gasteiger partial charge in [-0.1, -0.05) is 0 Å². The Morgan fingerprint density at radius 3 is 2.58 bits per heavy atom. The summed E-state index contributed by atoms with van der Waals surface area (Å²) in [6, 6.07) is 8.85. The Kier molecular flexibility index (Phi) is 4.28. The fourth-order valence-electron chi connectivity index (χ4n) is 2.24. The molecule has 0 fully saturated rings. The second-order valence-electron chi connectivity index (χ2n) is 5.37. The van der Waals surface area contributed by atoms with Crippen LogP contribution < -0.4 is 10.1 Å². The minimum atomic E-state index is -0.310. The summed E-state index contributed by atoms with van der Waals surface area (Å²) in [7, 11) is 1.61. The van der Waals surface area contributed by atoms with Crippen LogP contribution in [0.5, 0.6) is 5.75 Å². The average molecular weight is 326 g/mol. The molecular formula is C16H18N6O2. The number of H-pyrrole nitrogens is 2. The lowest BCUT2D eigenvalue weighted by molar-refractivity contribution is 0.0933. The van der Waals surface area contributed by atoms with Crippen LogP contribution in [-0.4, -0.2) is 38.4 Å². The van der Waals surface area contributed by atoms with Crippen LogP contribution in [0.3, 0.4) is 0 Å². The number of amides is 1. The molecule has 0 saturated carbocycles. The number of hydrogen-bond acceptors (Lipinski definition) is 5. The van der Waals surface area contributed by atoms with Crippen molar-refractivity contribution in [1.29, 1.82) is 0 Å². The van der Waals surface area contributed by atoms with Gasteiger partial charge in [0, 0.05) is 5.56 Å². The number of aromatic nitrogens is 5. The van der Waals surface area contributed by atoms with Gasteiger partial charge in [0.25, 0.3) is 5.91 Å². The van der Waals surface area contributed by atoms with Crippen molar-refractivity contribution in [2.24, 2.45) is 0 Å². The third-order valence-electron chi connectivity index (χ3n) is 3.56. The molecule has 1 amide bonds. The summed E-state index contributed by atoms with van der Waals surface area (Å²) >= 11 is 0. The van der Waals surface area contributed by atoms with Crippen LogP contribution >= 0.6 is 0 Å². The number of hydrogen-bond donors (Lipinski definition) is 3. The SMILES string of the molecule is COc1ccc(-c2cc(C(=O)NC(C)c3n[nH]c(C)n3)[nH]n2)cc1. The van der Waals surface area contributed by atoms with Crippen LogP contribution in [-0.2, 0) is 0 Å². The first kappa shape index (κ1) is 15.7. The number of rotatable bonds is 5. The van der Waals surface area contributed by atoms with E-state index in [1.165, 1.54) is 0 Å². The zero-order valence-electron chi connectivity index (χ0n) is 13.6. The number of carbonyl (C=O) groups is 1. The zero-order valence-corrected chi connectivity index (χ0v) is 13.6. The van der Waals surface area contributed by atoms with Gasteiger partial charge in [0.1, 0.15) is 17.3 Å². The Morgan fingerprint density at radius 1 is 1.21 bits per heavy atom. The Morgan fingerprint density at radius 2 is 1.96 bits per heavy atom. The van der Waals surface area contributed by atoms with Gasteiger partial charge in [-0.15, -0.1) is 0 Å². The van der Waals surface area contributed by atoms with Gasteiger partial charge in [-0.25, -0.2) is 4.98 Å². The molecule has 2 heterocycles. The molecule has 8 heteroatoms. The van der Waals surface area contributed by atoms with E-state index in [1.54, 1.807) is 20.1 Å². The van der Waals surface area contributed by atoms with Crippen molar-refractivity contribution < 1.29 is 9.53 Å². The standard InChI is InChI=1S/C16H18N6O2/c1-9(15-18-10(2)19-22-15)17-16(23)14-8-13(20-21-14)11-4-6-12(24-3)7-5-11/h4-9H,1-3H3,(H,17,23)(H,20,21)(H,18,19,22). The number of aryl methyl sites for hydroxylation is 1. The molecule has 0 bridgehead atoms. The lowest BCUT2D eigenvalue weighted by atomic mass is 10.1. The molecule has 0 aliphatic carbocycles. The van der Waals surface area contributed by atoms with Gasteiger partial charge in [0.15, 0.2) is 5.82 Å². The molecule has 0 radical (unpaired) electrons. The molecule has 0 aliphatic rings. The molecular weight excluding hydrogens is 308 g/mol. The third kappa shape index (κ3) is 3.27. The smallest absolute Gasteiger partial charge is 0.269 e. The second-order valence-corrected chi connectivity index (χ2v) is 5.37. The monoisotopic (exact) mass is 326 g/mol. The van der Waals surface area contributed by atoms with Crippen LogP contribution in [0, 0.1) is 6.92 Å². The van der Waals surface area contributed by atoms with Crippen molar-refractivity contribution in [3.63, 3.8) is 0 Å². The van der Waals surface area contributed by atoms with Crippen LogP contribution in [0.15, 0.2) is 30.3 Å². The average Bonchev–Trinajstić information content (AvgIpc) is 3.24. The number of carbonyl (C=O) groups excluding carboxylic acids is 1. The lowest BCUT2D eigenvalue weighted by Crippen LogP contribution is -2.27. The second kappa shape index (κ2) is 6.53. The van der Waals surface area contributed by atoms with Crippen LogP contribution in [0.4, 0.5) is 0 Å². The molecule has 1 unspecified atom stereocenters. The molecule has 1 atom stereocenters. The molecule has 3 aromatic rings. The van der Waals surface area contributed by atoms with Gasteiger partial charge in [0.2, 0.25) is 0 Å². The number of aromatic amines is 2. The summed E-state index contributed by atoms with van der Waals surface area (Å²) < 4.78 is 5.13. The summed E-state index contributed by atoms with van der Waals surface area (Å²) in [6.45, 7) is 3.63. The fourth-order valence-corrected chi connectivity index (χ4v) is 2.24. The zero-order chi connectivity index (χ0) is 17.1. The van der Waals surface area contributed by atoms with Crippen molar-refractivity contribution >= 4 is 5.91 Å². The van der Waals surface area contributed by atoms with Crippen molar-refractivity contribution in [2.75, 3.05) is 7.11 Å². The van der Waals surface area contributed by atoms with Gasteiger partial charge in [-0.2, -0.15) is 10.2 Å². The minimum Gasteiger partial charge on any atom is -0.497 e. The van der Waals surface area contributed by atoms with E-state index < -0.39 is 0 Å². The van der Waals surface area contributed by atoms with E-state index in [9.17, 15) is 4.79 Å². The van der Waals surface area contributed by atoms with Gasteiger partial charge >= 0.3 is 0 Å². The third-order valence-corrected chi connectivity index (χ3v) is 3.56. The van der Waals surface area contributed by atoms with Gasteiger partial charge < -0.3 is 10.1 Å². The molecule has 0 aliphatic heterocycles. The first-order valence-electron chi connectivity index (χ1n) is 7.46. The first-order valence-corrected chi connectivity index (χ1v) is 7.46. The van der Waals surface area contributed by atoms with Gasteiger partial charge in [0.05, 0.1) is 18.8 Å². The highest BCUT2D eigenvalue weighted by atomic mass is 16.5. The van der Waals surface area contributed by atoms with E-state index in [-0.39, 0.29) is 11.9 Å². The van der Waals surface area contributed by atoms with Crippen LogP contribution in [0.25, 0.3) is 11.3 Å². The molecule has 2 aromatic heterocycles. The van der Waals surface area contributed by atoms with E-state index in [4.69, 9.17) is 4.74 Å². The predicted molar refractivity (Wildman–Crippen MR) is 87.6 cm³/mol. The van der Waals surface area contributed by atoms with Gasteiger partial charge in [-0.3, -0.25) is 15.0 Å². The summed E-state index contributed by atoms with van der Waals surface area (Å²) in [4.78, 5) is 16.5. The highest BCUT2D eigenvalue weighted by Crippen LogP contribution is 2.21. The Labute approximate surface area is 138 Å². The van der Waals surface area contributed by atoms with Crippen LogP contribution in [0.1, 0.15) is 35.1 Å². The molecule has 3 N–H and O–H groups in total. The predicted octanol–water partition coefficient (Wildman–Crippen LogP) is 2.00. The first-order chi connectivity index (χ1) is 11.6. The van der Waals surface area contributed by atoms with Crippen molar-refractivity contribution in [2.45, 2.75) is 19.9 Å². The summed E-state index contributed by atoms with van der Waals surface area (Å²) in [5, 5.41) is 16.6. The molecule has 24 heavy (non-hydrogen) atoms. The van der Waals surface area contributed by atoms with E-state index >= 15 is 0 Å². The fraction of sp³-hybridized carbons (Fsp3) is 0.250. The van der Waals surface area contributed by atoms with E-state index in [0.717, 1.165) is 11.3 Å². The molecule has 3 rings (SSSR count). The molecule has 124 valence electrons. The summed E-state index contributed by atoms with van der Waals surface area (Å²) in [5.74, 6) is 1.74. The Hall–Kier alpha value is -3.16. The highest BCUT2D eigenvalue weighted by Gasteiger charge is 2.17. The number of nitrogens with zero attached hydrogens (tertiary/aromatic N) is 3. The Bertz CT molecular complexity index is 836. The normalized spacial score (nSPS) is 12.0. The number of methoxy groups -OCH3 is 1. The highest BCUT2D eigenvalue weighted by molar-refractivity contribution is 5.93. The van der Waals surface area contributed by atoms with E-state index in [2.05, 4.69) is 30.7 Å². The maximum Gasteiger partial charge on any atom is 0.269 e. The number of nitrogens with one attached hydrogen (secondary N) is 3. The molecule has 0 spiro atoms. The molecule has 1 aromatic carbocycles. The minimum absolute atomic E-state index is 0.266. The van der Waals surface area contributed by atoms with Crippen molar-refractivity contribution in [1.82, 2.24) is 30.7 Å². The summed E-state index contributed by atoms with van der Waals surface area (Å²) in [5.41, 5.74) is 1.95. The van der Waals surface area contributed by atoms with E-state index in [0.29, 0.717) is 23.0 Å². The molecule has 0 saturated heterocycles. The lowest BCUT2D eigenvalue weighted by Gasteiger charge is -2.08. The summed E-state index contributed by atoms with van der Waals surface area (Å²) in [6.07, 6.45) is 0. The van der Waals surface area contributed by atoms with E-state index in [1.807, 2.05) is 31.2 Å². The maximum absolute atomic E-state index is 12.3. The van der Waals surface area contributed by atoms with Gasteiger partial charge in [-0.05, 0) is 44.2 Å².